The number of benzene rings is 1. The summed E-state index contributed by atoms with van der Waals surface area (Å²) in [5, 5.41) is 18.9. The Morgan fingerprint density at radius 2 is 2.16 bits per heavy atom. The molecule has 0 aliphatic rings. The zero-order chi connectivity index (χ0) is 17.4. The van der Waals surface area contributed by atoms with E-state index in [4.69, 9.17) is 4.42 Å². The van der Waals surface area contributed by atoms with Crippen LogP contribution in [-0.4, -0.2) is 29.9 Å². The second-order valence-corrected chi connectivity index (χ2v) is 5.16. The number of nitro groups is 1. The topological polar surface area (TPSA) is 113 Å². The fraction of sp³-hybridized carbons (Fsp3) is 0.0667. The molecule has 0 saturated carbocycles. The number of furan rings is 1. The Morgan fingerprint density at radius 3 is 2.92 bits per heavy atom. The second kappa shape index (κ2) is 5.74. The minimum absolute atomic E-state index is 0.145. The molecular weight excluding hydrogens is 331 g/mol. The number of nitrogens with zero attached hydrogens (tertiary/aromatic N) is 6. The van der Waals surface area contributed by atoms with Crippen molar-refractivity contribution in [2.45, 2.75) is 6.54 Å². The predicted molar refractivity (Wildman–Crippen MR) is 83.0 cm³/mol. The highest BCUT2D eigenvalue weighted by molar-refractivity contribution is 5.84. The lowest BCUT2D eigenvalue weighted by Gasteiger charge is -2.03. The van der Waals surface area contributed by atoms with E-state index in [0.29, 0.717) is 28.2 Å². The van der Waals surface area contributed by atoms with Gasteiger partial charge in [-0.05, 0) is 23.8 Å². The molecule has 124 valence electrons. The highest BCUT2D eigenvalue weighted by Gasteiger charge is 2.17. The second-order valence-electron chi connectivity index (χ2n) is 5.16. The van der Waals surface area contributed by atoms with E-state index in [0.717, 1.165) is 12.1 Å². The van der Waals surface area contributed by atoms with Crippen LogP contribution in [-0.2, 0) is 6.54 Å². The molecular formula is C15H9FN6O3. The van der Waals surface area contributed by atoms with Crippen molar-refractivity contribution >= 4 is 16.9 Å². The molecule has 9 nitrogen and oxygen atoms in total. The van der Waals surface area contributed by atoms with Gasteiger partial charge in [0.25, 0.3) is 0 Å². The van der Waals surface area contributed by atoms with Crippen LogP contribution in [0.1, 0.15) is 5.56 Å². The summed E-state index contributed by atoms with van der Waals surface area (Å²) in [6, 6.07) is 7.13. The number of hydrogen-bond acceptors (Lipinski definition) is 7. The molecule has 0 atom stereocenters. The van der Waals surface area contributed by atoms with Gasteiger partial charge in [0.1, 0.15) is 12.0 Å². The zero-order valence-electron chi connectivity index (χ0n) is 12.5. The summed E-state index contributed by atoms with van der Waals surface area (Å²) < 4.78 is 20.2. The molecule has 1 aromatic carbocycles. The van der Waals surface area contributed by atoms with Gasteiger partial charge in [0.15, 0.2) is 16.9 Å². The Labute approximate surface area is 138 Å². The molecule has 0 saturated heterocycles. The maximum Gasteiger partial charge on any atom is 0.305 e. The standard InChI is InChI=1S/C15H9FN6O3/c16-10-4-3-9(6-11(10)22(23)24)7-21-15-14(19-20-21)13(17-8-18-15)12-2-1-5-25-12/h1-6,8H,7H2. The van der Waals surface area contributed by atoms with E-state index in [1.165, 1.54) is 23.3 Å². The van der Waals surface area contributed by atoms with Crippen molar-refractivity contribution in [3.8, 4) is 11.5 Å². The number of nitro benzene ring substituents is 1. The van der Waals surface area contributed by atoms with Crippen LogP contribution in [0.15, 0.2) is 47.3 Å². The van der Waals surface area contributed by atoms with Crippen LogP contribution in [0.3, 0.4) is 0 Å². The van der Waals surface area contributed by atoms with E-state index in [1.54, 1.807) is 12.1 Å². The van der Waals surface area contributed by atoms with E-state index in [2.05, 4.69) is 20.3 Å². The average molecular weight is 340 g/mol. The van der Waals surface area contributed by atoms with Crippen LogP contribution in [0.2, 0.25) is 0 Å². The van der Waals surface area contributed by atoms with Gasteiger partial charge in [-0.1, -0.05) is 11.3 Å². The van der Waals surface area contributed by atoms with Crippen molar-refractivity contribution in [3.05, 3.63) is 64.4 Å². The van der Waals surface area contributed by atoms with Crippen LogP contribution in [0, 0.1) is 15.9 Å². The predicted octanol–water partition coefficient (Wildman–Crippen LogP) is 2.58. The number of halogens is 1. The molecule has 0 N–H and O–H groups in total. The number of hydrogen-bond donors (Lipinski definition) is 0. The molecule has 0 aliphatic heterocycles. The summed E-state index contributed by atoms with van der Waals surface area (Å²) in [4.78, 5) is 18.4. The first-order valence-electron chi connectivity index (χ1n) is 7.14. The van der Waals surface area contributed by atoms with Crippen molar-refractivity contribution in [1.29, 1.82) is 0 Å². The number of rotatable bonds is 4. The van der Waals surface area contributed by atoms with Gasteiger partial charge in [-0.3, -0.25) is 10.1 Å². The van der Waals surface area contributed by atoms with E-state index in [-0.39, 0.29) is 6.54 Å². The van der Waals surface area contributed by atoms with Gasteiger partial charge in [-0.15, -0.1) is 5.10 Å². The Kier molecular flexibility index (Phi) is 3.42. The molecule has 0 spiro atoms. The third kappa shape index (κ3) is 2.59. The summed E-state index contributed by atoms with van der Waals surface area (Å²) in [6.07, 6.45) is 2.87. The Hall–Kier alpha value is -3.69. The maximum atomic E-state index is 13.5. The minimum atomic E-state index is -0.889. The molecule has 0 unspecified atom stereocenters. The fourth-order valence-electron chi connectivity index (χ4n) is 2.46. The molecule has 4 aromatic rings. The largest absolute Gasteiger partial charge is 0.463 e. The first-order chi connectivity index (χ1) is 12.1. The molecule has 0 fully saturated rings. The summed E-state index contributed by atoms with van der Waals surface area (Å²) >= 11 is 0. The first-order valence-corrected chi connectivity index (χ1v) is 7.14. The van der Waals surface area contributed by atoms with Gasteiger partial charge in [0.2, 0.25) is 5.82 Å². The van der Waals surface area contributed by atoms with Crippen LogP contribution in [0.5, 0.6) is 0 Å². The molecule has 0 bridgehead atoms. The highest BCUT2D eigenvalue weighted by Crippen LogP contribution is 2.24. The lowest BCUT2D eigenvalue weighted by molar-refractivity contribution is -0.387. The summed E-state index contributed by atoms with van der Waals surface area (Å²) in [5.41, 5.74) is 1.28. The van der Waals surface area contributed by atoms with Crippen LogP contribution < -0.4 is 0 Å². The molecule has 0 aliphatic carbocycles. The lowest BCUT2D eigenvalue weighted by atomic mass is 10.2. The van der Waals surface area contributed by atoms with E-state index < -0.39 is 16.4 Å². The van der Waals surface area contributed by atoms with Crippen molar-refractivity contribution in [1.82, 2.24) is 25.0 Å². The van der Waals surface area contributed by atoms with Gasteiger partial charge < -0.3 is 4.42 Å². The van der Waals surface area contributed by atoms with Gasteiger partial charge >= 0.3 is 5.69 Å². The molecule has 3 heterocycles. The van der Waals surface area contributed by atoms with Crippen LogP contribution in [0.4, 0.5) is 10.1 Å². The third-order valence-electron chi connectivity index (χ3n) is 3.59. The smallest absolute Gasteiger partial charge is 0.305 e. The molecule has 10 heteroatoms. The Bertz CT molecular complexity index is 1080. The Morgan fingerprint density at radius 1 is 1.28 bits per heavy atom. The van der Waals surface area contributed by atoms with Crippen molar-refractivity contribution in [3.63, 3.8) is 0 Å². The summed E-state index contributed by atoms with van der Waals surface area (Å²) in [7, 11) is 0. The van der Waals surface area contributed by atoms with Crippen LogP contribution >= 0.6 is 0 Å². The average Bonchev–Trinajstić information content (AvgIpc) is 3.26. The number of aromatic nitrogens is 5. The SMILES string of the molecule is O=[N+]([O-])c1cc(Cn2nnc3c(-c4ccco4)ncnc32)ccc1F. The number of fused-ring (bicyclic) bond motifs is 1. The zero-order valence-corrected chi connectivity index (χ0v) is 12.5. The lowest BCUT2D eigenvalue weighted by Crippen LogP contribution is -2.04. The summed E-state index contributed by atoms with van der Waals surface area (Å²) in [6.45, 7) is 0.145. The van der Waals surface area contributed by atoms with Gasteiger partial charge in [-0.25, -0.2) is 14.6 Å². The summed E-state index contributed by atoms with van der Waals surface area (Å²) in [5.74, 6) is -0.364. The fourth-order valence-corrected chi connectivity index (χ4v) is 2.46. The van der Waals surface area contributed by atoms with E-state index >= 15 is 0 Å². The normalized spacial score (nSPS) is 11.1. The first kappa shape index (κ1) is 14.9. The maximum absolute atomic E-state index is 13.5. The molecule has 0 radical (unpaired) electrons. The van der Waals surface area contributed by atoms with E-state index in [1.807, 2.05) is 0 Å². The van der Waals surface area contributed by atoms with Crippen molar-refractivity contribution < 1.29 is 13.7 Å². The van der Waals surface area contributed by atoms with Crippen molar-refractivity contribution in [2.24, 2.45) is 0 Å². The van der Waals surface area contributed by atoms with Gasteiger partial charge in [-0.2, -0.15) is 4.39 Å². The third-order valence-corrected chi connectivity index (χ3v) is 3.59. The van der Waals surface area contributed by atoms with E-state index in [9.17, 15) is 14.5 Å². The molecule has 3 aromatic heterocycles. The Balaban J connectivity index is 1.75. The highest BCUT2D eigenvalue weighted by atomic mass is 19.1. The molecule has 0 amide bonds. The van der Waals surface area contributed by atoms with Crippen LogP contribution in [0.25, 0.3) is 22.6 Å². The molecule has 25 heavy (non-hydrogen) atoms. The van der Waals surface area contributed by atoms with Crippen molar-refractivity contribution in [2.75, 3.05) is 0 Å². The van der Waals surface area contributed by atoms with Gasteiger partial charge in [0, 0.05) is 6.07 Å². The quantitative estimate of drug-likeness (QED) is 0.414. The molecule has 4 rings (SSSR count). The van der Waals surface area contributed by atoms with Gasteiger partial charge in [0.05, 0.1) is 17.7 Å². The monoisotopic (exact) mass is 340 g/mol. The minimum Gasteiger partial charge on any atom is -0.463 e.